The first kappa shape index (κ1) is 15.3. The quantitative estimate of drug-likeness (QED) is 0.942. The summed E-state index contributed by atoms with van der Waals surface area (Å²) in [6.07, 6.45) is 2.50. The number of aromatic nitrogens is 1. The molecule has 2 aromatic rings. The van der Waals surface area contributed by atoms with Crippen LogP contribution in [0.5, 0.6) is 5.88 Å². The van der Waals surface area contributed by atoms with Gasteiger partial charge in [-0.25, -0.2) is 9.78 Å². The van der Waals surface area contributed by atoms with Crippen molar-refractivity contribution in [3.05, 3.63) is 48.7 Å². The van der Waals surface area contributed by atoms with Crippen molar-refractivity contribution in [2.24, 2.45) is 0 Å². The molecule has 0 spiro atoms. The molecular formula is C17H19N3O3. The standard InChI is InChI=1S/C17H19N3O3/c1-20(14-5-3-2-4-6-14)17(21)19-13-7-9-18-16(11-13)23-15-8-10-22-12-15/h2-7,9,11,15H,8,10,12H2,1H3,(H,18,19,21). The summed E-state index contributed by atoms with van der Waals surface area (Å²) in [5.74, 6) is 0.487. The van der Waals surface area contributed by atoms with E-state index in [-0.39, 0.29) is 12.1 Å². The number of anilines is 2. The van der Waals surface area contributed by atoms with Crippen molar-refractivity contribution in [3.8, 4) is 5.88 Å². The van der Waals surface area contributed by atoms with Crippen LogP contribution in [0.1, 0.15) is 6.42 Å². The lowest BCUT2D eigenvalue weighted by Crippen LogP contribution is -2.31. The van der Waals surface area contributed by atoms with Gasteiger partial charge in [0.1, 0.15) is 6.10 Å². The molecule has 120 valence electrons. The maximum Gasteiger partial charge on any atom is 0.326 e. The smallest absolute Gasteiger partial charge is 0.326 e. The summed E-state index contributed by atoms with van der Waals surface area (Å²) in [6, 6.07) is 12.7. The van der Waals surface area contributed by atoms with Gasteiger partial charge in [-0.1, -0.05) is 18.2 Å². The Morgan fingerprint density at radius 3 is 2.91 bits per heavy atom. The second-order valence-corrected chi connectivity index (χ2v) is 5.31. The predicted octanol–water partition coefficient (Wildman–Crippen LogP) is 2.92. The minimum absolute atomic E-state index is 0.0282. The van der Waals surface area contributed by atoms with Crippen LogP contribution in [0.2, 0.25) is 0 Å². The van der Waals surface area contributed by atoms with Gasteiger partial charge in [0.05, 0.1) is 13.2 Å². The number of carbonyl (C=O) groups excluding carboxylic acids is 1. The van der Waals surface area contributed by atoms with Crippen LogP contribution in [0.25, 0.3) is 0 Å². The SMILES string of the molecule is CN(C(=O)Nc1ccnc(OC2CCOC2)c1)c1ccccc1. The predicted molar refractivity (Wildman–Crippen MR) is 88.0 cm³/mol. The Balaban J connectivity index is 1.64. The van der Waals surface area contributed by atoms with Gasteiger partial charge in [0.2, 0.25) is 5.88 Å². The van der Waals surface area contributed by atoms with Crippen LogP contribution in [0, 0.1) is 0 Å². The average Bonchev–Trinajstić information content (AvgIpc) is 3.08. The van der Waals surface area contributed by atoms with Crippen LogP contribution in [0.15, 0.2) is 48.7 Å². The van der Waals surface area contributed by atoms with E-state index >= 15 is 0 Å². The largest absolute Gasteiger partial charge is 0.472 e. The first-order valence-corrected chi connectivity index (χ1v) is 7.52. The Labute approximate surface area is 135 Å². The normalized spacial score (nSPS) is 16.8. The summed E-state index contributed by atoms with van der Waals surface area (Å²) in [4.78, 5) is 18.0. The number of amides is 2. The molecule has 23 heavy (non-hydrogen) atoms. The molecule has 0 radical (unpaired) electrons. The molecule has 3 rings (SSSR count). The first-order valence-electron chi connectivity index (χ1n) is 7.52. The summed E-state index contributed by atoms with van der Waals surface area (Å²) in [5.41, 5.74) is 1.46. The van der Waals surface area contributed by atoms with E-state index in [0.29, 0.717) is 24.8 Å². The highest BCUT2D eigenvalue weighted by atomic mass is 16.5. The van der Waals surface area contributed by atoms with E-state index < -0.39 is 0 Å². The molecule has 1 unspecified atom stereocenters. The van der Waals surface area contributed by atoms with Gasteiger partial charge in [-0.05, 0) is 18.2 Å². The topological polar surface area (TPSA) is 63.7 Å². The Morgan fingerprint density at radius 1 is 1.35 bits per heavy atom. The Kier molecular flexibility index (Phi) is 4.73. The minimum Gasteiger partial charge on any atom is -0.472 e. The maximum atomic E-state index is 12.3. The van der Waals surface area contributed by atoms with Crippen LogP contribution in [-0.4, -0.2) is 37.4 Å². The number of nitrogens with zero attached hydrogens (tertiary/aromatic N) is 2. The van der Waals surface area contributed by atoms with Crippen LogP contribution < -0.4 is 15.0 Å². The lowest BCUT2D eigenvalue weighted by molar-refractivity contribution is 0.138. The second-order valence-electron chi connectivity index (χ2n) is 5.31. The van der Waals surface area contributed by atoms with Crippen molar-refractivity contribution in [3.63, 3.8) is 0 Å². The summed E-state index contributed by atoms with van der Waals surface area (Å²) in [7, 11) is 1.72. The molecular weight excluding hydrogens is 294 g/mol. The molecule has 1 atom stereocenters. The van der Waals surface area contributed by atoms with Crippen molar-refractivity contribution >= 4 is 17.4 Å². The van der Waals surface area contributed by atoms with Crippen LogP contribution in [0.3, 0.4) is 0 Å². The maximum absolute atomic E-state index is 12.3. The minimum atomic E-state index is -0.224. The van der Waals surface area contributed by atoms with E-state index in [2.05, 4.69) is 10.3 Å². The van der Waals surface area contributed by atoms with Crippen LogP contribution in [-0.2, 0) is 4.74 Å². The molecule has 1 aromatic carbocycles. The average molecular weight is 313 g/mol. The molecule has 0 bridgehead atoms. The van der Waals surface area contributed by atoms with Gasteiger partial charge in [-0.15, -0.1) is 0 Å². The number of para-hydroxylation sites is 1. The third-order valence-electron chi connectivity index (χ3n) is 3.61. The number of benzene rings is 1. The number of pyridine rings is 1. The van der Waals surface area contributed by atoms with E-state index in [0.717, 1.165) is 12.1 Å². The monoisotopic (exact) mass is 313 g/mol. The van der Waals surface area contributed by atoms with E-state index in [4.69, 9.17) is 9.47 Å². The van der Waals surface area contributed by atoms with Crippen LogP contribution in [0.4, 0.5) is 16.2 Å². The van der Waals surface area contributed by atoms with Crippen molar-refractivity contribution in [2.75, 3.05) is 30.5 Å². The second kappa shape index (κ2) is 7.11. The molecule has 2 heterocycles. The molecule has 0 saturated carbocycles. The van der Waals surface area contributed by atoms with Gasteiger partial charge >= 0.3 is 6.03 Å². The fraction of sp³-hybridized carbons (Fsp3) is 0.294. The van der Waals surface area contributed by atoms with E-state index in [1.807, 2.05) is 30.3 Å². The van der Waals surface area contributed by atoms with E-state index in [1.165, 1.54) is 0 Å². The zero-order valence-corrected chi connectivity index (χ0v) is 12.9. The fourth-order valence-corrected chi connectivity index (χ4v) is 2.30. The van der Waals surface area contributed by atoms with Crippen molar-refractivity contribution in [1.82, 2.24) is 4.98 Å². The molecule has 1 N–H and O–H groups in total. The first-order chi connectivity index (χ1) is 11.2. The zero-order valence-electron chi connectivity index (χ0n) is 12.9. The molecule has 1 fully saturated rings. The number of carbonyl (C=O) groups is 1. The fourth-order valence-electron chi connectivity index (χ4n) is 2.30. The lowest BCUT2D eigenvalue weighted by atomic mass is 10.3. The molecule has 2 amide bonds. The summed E-state index contributed by atoms with van der Waals surface area (Å²) in [5, 5.41) is 2.84. The summed E-state index contributed by atoms with van der Waals surface area (Å²) in [6.45, 7) is 1.29. The Hall–Kier alpha value is -2.60. The number of ether oxygens (including phenoxy) is 2. The third kappa shape index (κ3) is 3.98. The Bertz CT molecular complexity index is 657. The lowest BCUT2D eigenvalue weighted by Gasteiger charge is -2.18. The highest BCUT2D eigenvalue weighted by Gasteiger charge is 2.18. The van der Waals surface area contributed by atoms with Gasteiger partial charge in [0, 0.05) is 37.1 Å². The molecule has 0 aliphatic carbocycles. The summed E-state index contributed by atoms with van der Waals surface area (Å²) < 4.78 is 11.0. The van der Waals surface area contributed by atoms with E-state index in [9.17, 15) is 4.79 Å². The molecule has 1 saturated heterocycles. The Morgan fingerprint density at radius 2 is 2.17 bits per heavy atom. The molecule has 6 nitrogen and oxygen atoms in total. The number of urea groups is 1. The van der Waals surface area contributed by atoms with Crippen molar-refractivity contribution in [1.29, 1.82) is 0 Å². The summed E-state index contributed by atoms with van der Waals surface area (Å²) >= 11 is 0. The van der Waals surface area contributed by atoms with Crippen LogP contribution >= 0.6 is 0 Å². The van der Waals surface area contributed by atoms with E-state index in [1.54, 1.807) is 30.3 Å². The number of hydrogen-bond donors (Lipinski definition) is 1. The highest BCUT2D eigenvalue weighted by Crippen LogP contribution is 2.19. The van der Waals surface area contributed by atoms with Crippen molar-refractivity contribution in [2.45, 2.75) is 12.5 Å². The third-order valence-corrected chi connectivity index (χ3v) is 3.61. The van der Waals surface area contributed by atoms with Gasteiger partial charge in [-0.3, -0.25) is 4.90 Å². The number of hydrogen-bond acceptors (Lipinski definition) is 4. The molecule has 6 heteroatoms. The zero-order chi connectivity index (χ0) is 16.1. The number of nitrogens with one attached hydrogen (secondary N) is 1. The van der Waals surface area contributed by atoms with Gasteiger partial charge in [0.15, 0.2) is 0 Å². The van der Waals surface area contributed by atoms with Gasteiger partial charge < -0.3 is 14.8 Å². The van der Waals surface area contributed by atoms with Crippen molar-refractivity contribution < 1.29 is 14.3 Å². The van der Waals surface area contributed by atoms with Gasteiger partial charge in [0.25, 0.3) is 0 Å². The molecule has 1 aromatic heterocycles. The number of rotatable bonds is 4. The highest BCUT2D eigenvalue weighted by molar-refractivity contribution is 6.01. The van der Waals surface area contributed by atoms with Gasteiger partial charge in [-0.2, -0.15) is 0 Å². The molecule has 1 aliphatic rings. The molecule has 1 aliphatic heterocycles.